The second-order valence-electron chi connectivity index (χ2n) is 5.90. The summed E-state index contributed by atoms with van der Waals surface area (Å²) in [5.41, 5.74) is 3.27. The van der Waals surface area contributed by atoms with Crippen molar-refractivity contribution in [2.75, 3.05) is 24.5 Å². The topological polar surface area (TPSA) is 47.9 Å². The average Bonchev–Trinajstić information content (AvgIpc) is 3.08. The van der Waals surface area contributed by atoms with Crippen LogP contribution in [0.5, 0.6) is 5.75 Å². The number of phenolic OH excluding ortho intramolecular Hbond substituents is 1. The zero-order valence-corrected chi connectivity index (χ0v) is 14.8. The van der Waals surface area contributed by atoms with E-state index in [-0.39, 0.29) is 5.75 Å². The Bertz CT molecular complexity index is 665. The van der Waals surface area contributed by atoms with Crippen LogP contribution in [0.1, 0.15) is 25.8 Å². The van der Waals surface area contributed by atoms with Gasteiger partial charge in [0.25, 0.3) is 0 Å². The summed E-state index contributed by atoms with van der Waals surface area (Å²) in [5.74, 6) is 1.25. The molecule has 4 heteroatoms. The van der Waals surface area contributed by atoms with Crippen molar-refractivity contribution in [3.8, 4) is 5.75 Å². The molecule has 1 aliphatic heterocycles. The molecule has 2 aromatic rings. The van der Waals surface area contributed by atoms with E-state index in [4.69, 9.17) is 0 Å². The van der Waals surface area contributed by atoms with Crippen molar-refractivity contribution in [1.82, 2.24) is 5.32 Å². The lowest BCUT2D eigenvalue weighted by Gasteiger charge is -2.25. The maximum Gasteiger partial charge on any atom is 0.117 e. The monoisotopic (exact) mass is 325 g/mol. The largest absolute Gasteiger partial charge is 0.508 e. The third-order valence-corrected chi connectivity index (χ3v) is 3.54. The third kappa shape index (κ3) is 5.01. The van der Waals surface area contributed by atoms with Gasteiger partial charge >= 0.3 is 0 Å². The van der Waals surface area contributed by atoms with Gasteiger partial charge in [0.15, 0.2) is 0 Å². The Morgan fingerprint density at radius 2 is 1.79 bits per heavy atom. The number of aliphatic imine (C=N–C) groups is 1. The van der Waals surface area contributed by atoms with Crippen LogP contribution in [0.3, 0.4) is 0 Å². The molecule has 0 saturated heterocycles. The molecule has 4 nitrogen and oxygen atoms in total. The van der Waals surface area contributed by atoms with Crippen molar-refractivity contribution in [1.29, 1.82) is 0 Å². The molecule has 24 heavy (non-hydrogen) atoms. The van der Waals surface area contributed by atoms with Gasteiger partial charge in [0.2, 0.25) is 0 Å². The van der Waals surface area contributed by atoms with Crippen LogP contribution >= 0.6 is 0 Å². The molecule has 1 aliphatic rings. The fourth-order valence-corrected chi connectivity index (χ4v) is 2.42. The first-order valence-electron chi connectivity index (χ1n) is 8.54. The van der Waals surface area contributed by atoms with E-state index < -0.39 is 0 Å². The van der Waals surface area contributed by atoms with Gasteiger partial charge in [0.1, 0.15) is 11.6 Å². The molecule has 1 heterocycles. The lowest BCUT2D eigenvalue weighted by Crippen LogP contribution is -2.32. The highest BCUT2D eigenvalue weighted by Crippen LogP contribution is 2.28. The molecule has 0 radical (unpaired) electrons. The summed E-state index contributed by atoms with van der Waals surface area (Å²) in [6.07, 6.45) is 1.25. The fourth-order valence-electron chi connectivity index (χ4n) is 2.42. The molecule has 0 atom stereocenters. The van der Waals surface area contributed by atoms with Crippen molar-refractivity contribution in [2.24, 2.45) is 4.99 Å². The molecular formula is C20H27N3O. The smallest absolute Gasteiger partial charge is 0.117 e. The van der Waals surface area contributed by atoms with Crippen molar-refractivity contribution in [2.45, 2.75) is 27.2 Å². The molecule has 2 aromatic carbocycles. The van der Waals surface area contributed by atoms with Gasteiger partial charge in [-0.3, -0.25) is 4.99 Å². The number of hydrogen-bond acceptors (Lipinski definition) is 4. The highest BCUT2D eigenvalue weighted by molar-refractivity contribution is 5.90. The molecule has 0 spiro atoms. The van der Waals surface area contributed by atoms with Crippen LogP contribution in [-0.2, 0) is 0 Å². The predicted octanol–water partition coefficient (Wildman–Crippen LogP) is 4.26. The summed E-state index contributed by atoms with van der Waals surface area (Å²) < 4.78 is 0. The van der Waals surface area contributed by atoms with E-state index in [2.05, 4.69) is 60.2 Å². The van der Waals surface area contributed by atoms with E-state index in [9.17, 15) is 5.11 Å². The molecule has 0 fully saturated rings. The summed E-state index contributed by atoms with van der Waals surface area (Å²) in [4.78, 5) is 6.62. The summed E-state index contributed by atoms with van der Waals surface area (Å²) >= 11 is 0. The minimum Gasteiger partial charge on any atom is -0.508 e. The minimum absolute atomic E-state index is 0.269. The van der Waals surface area contributed by atoms with Gasteiger partial charge in [0.05, 0.1) is 13.1 Å². The van der Waals surface area contributed by atoms with Crippen LogP contribution in [0.4, 0.5) is 11.4 Å². The number of aryl methyl sites for hydroxylation is 1. The quantitative estimate of drug-likeness (QED) is 0.883. The zero-order valence-electron chi connectivity index (χ0n) is 14.8. The average molecular weight is 325 g/mol. The van der Waals surface area contributed by atoms with Crippen LogP contribution in [0.15, 0.2) is 53.5 Å². The number of nitrogens with zero attached hydrogens (tertiary/aromatic N) is 2. The number of benzene rings is 2. The van der Waals surface area contributed by atoms with E-state index >= 15 is 0 Å². The van der Waals surface area contributed by atoms with Gasteiger partial charge in [-0.25, -0.2) is 0 Å². The SMILES string of the molecule is CCC.Cc1ccc(N(CC2=NCCN2)c2cccc(O)c2)cc1. The number of aromatic hydroxyl groups is 1. The molecule has 0 amide bonds. The molecule has 3 rings (SSSR count). The van der Waals surface area contributed by atoms with Gasteiger partial charge in [-0.2, -0.15) is 0 Å². The van der Waals surface area contributed by atoms with Crippen LogP contribution < -0.4 is 10.2 Å². The molecule has 0 bridgehead atoms. The standard InChI is InChI=1S/C17H19N3O.C3H8/c1-13-5-7-14(8-6-13)20(12-17-18-9-10-19-17)15-3-2-4-16(21)11-15;1-3-2/h2-8,11,21H,9-10,12H2,1H3,(H,18,19);3H2,1-2H3. The van der Waals surface area contributed by atoms with Gasteiger partial charge in [-0.15, -0.1) is 0 Å². The maximum absolute atomic E-state index is 9.74. The number of amidine groups is 1. The minimum atomic E-state index is 0.269. The fraction of sp³-hybridized carbons (Fsp3) is 0.350. The third-order valence-electron chi connectivity index (χ3n) is 3.54. The molecule has 0 aliphatic carbocycles. The lowest BCUT2D eigenvalue weighted by molar-refractivity contribution is 0.475. The second-order valence-corrected chi connectivity index (χ2v) is 5.90. The maximum atomic E-state index is 9.74. The highest BCUT2D eigenvalue weighted by Gasteiger charge is 2.14. The molecule has 2 N–H and O–H groups in total. The predicted molar refractivity (Wildman–Crippen MR) is 103 cm³/mol. The molecule has 128 valence electrons. The molecule has 0 aromatic heterocycles. The number of phenols is 1. The Hall–Kier alpha value is -2.49. The molecular weight excluding hydrogens is 298 g/mol. The van der Waals surface area contributed by atoms with Crippen molar-refractivity contribution >= 4 is 17.2 Å². The summed E-state index contributed by atoms with van der Waals surface area (Å²) in [7, 11) is 0. The van der Waals surface area contributed by atoms with Gasteiger partial charge < -0.3 is 15.3 Å². The van der Waals surface area contributed by atoms with E-state index in [1.165, 1.54) is 12.0 Å². The summed E-state index contributed by atoms with van der Waals surface area (Å²) in [6, 6.07) is 15.7. The van der Waals surface area contributed by atoms with E-state index in [1.807, 2.05) is 12.1 Å². The molecule has 0 unspecified atom stereocenters. The number of anilines is 2. The summed E-state index contributed by atoms with van der Waals surface area (Å²) in [5, 5.41) is 13.0. The van der Waals surface area contributed by atoms with Crippen LogP contribution in [0.25, 0.3) is 0 Å². The Morgan fingerprint density at radius 1 is 1.08 bits per heavy atom. The van der Waals surface area contributed by atoms with Gasteiger partial charge in [-0.05, 0) is 31.2 Å². The van der Waals surface area contributed by atoms with Gasteiger partial charge in [0, 0.05) is 24.0 Å². The van der Waals surface area contributed by atoms with Crippen LogP contribution in [0, 0.1) is 6.92 Å². The Morgan fingerprint density at radius 3 is 2.38 bits per heavy atom. The first-order chi connectivity index (χ1) is 11.6. The number of hydrogen-bond donors (Lipinski definition) is 2. The zero-order chi connectivity index (χ0) is 17.4. The Labute approximate surface area is 144 Å². The van der Waals surface area contributed by atoms with E-state index in [0.29, 0.717) is 6.54 Å². The number of nitrogens with one attached hydrogen (secondary N) is 1. The first kappa shape index (κ1) is 17.9. The second kappa shape index (κ2) is 8.96. The van der Waals surface area contributed by atoms with Crippen LogP contribution in [-0.4, -0.2) is 30.6 Å². The van der Waals surface area contributed by atoms with E-state index in [0.717, 1.165) is 30.3 Å². The summed E-state index contributed by atoms with van der Waals surface area (Å²) in [6.45, 7) is 8.73. The highest BCUT2D eigenvalue weighted by atomic mass is 16.3. The van der Waals surface area contributed by atoms with Crippen molar-refractivity contribution in [3.05, 3.63) is 54.1 Å². The van der Waals surface area contributed by atoms with Crippen molar-refractivity contribution < 1.29 is 5.11 Å². The lowest BCUT2D eigenvalue weighted by atomic mass is 10.2. The Balaban J connectivity index is 0.000000647. The normalized spacial score (nSPS) is 12.7. The van der Waals surface area contributed by atoms with Gasteiger partial charge in [-0.1, -0.05) is 44.0 Å². The number of rotatable bonds is 4. The van der Waals surface area contributed by atoms with Crippen molar-refractivity contribution in [3.63, 3.8) is 0 Å². The Kier molecular flexibility index (Phi) is 6.67. The molecule has 0 saturated carbocycles. The first-order valence-corrected chi connectivity index (χ1v) is 8.54. The van der Waals surface area contributed by atoms with Crippen LogP contribution in [0.2, 0.25) is 0 Å². The van der Waals surface area contributed by atoms with E-state index in [1.54, 1.807) is 12.1 Å².